The van der Waals surface area contributed by atoms with Gasteiger partial charge in [-0.25, -0.2) is 0 Å². The number of amides is 2. The minimum absolute atomic E-state index is 0.207. The number of ether oxygens (including phenoxy) is 2. The highest BCUT2D eigenvalue weighted by atomic mass is 79.9. The summed E-state index contributed by atoms with van der Waals surface area (Å²) in [7, 11) is 0. The van der Waals surface area contributed by atoms with Crippen molar-refractivity contribution in [3.05, 3.63) is 82.8 Å². The number of hydrogen-bond donors (Lipinski definition) is 2. The molecule has 1 atom stereocenters. The van der Waals surface area contributed by atoms with Crippen LogP contribution < -0.4 is 20.3 Å². The molecular weight excluding hydrogens is 484 g/mol. The average Bonchev–Trinajstić information content (AvgIpc) is 2.85. The molecule has 7 heteroatoms. The Hall–Kier alpha value is -3.32. The molecule has 0 spiro atoms. The molecule has 3 aromatic carbocycles. The van der Waals surface area contributed by atoms with Crippen molar-refractivity contribution in [3.8, 4) is 22.6 Å². The van der Waals surface area contributed by atoms with E-state index in [1.54, 1.807) is 6.07 Å². The molecule has 2 N–H and O–H groups in total. The van der Waals surface area contributed by atoms with Crippen molar-refractivity contribution in [1.82, 2.24) is 10.9 Å². The zero-order valence-corrected chi connectivity index (χ0v) is 20.2. The molecule has 0 fully saturated rings. The van der Waals surface area contributed by atoms with Gasteiger partial charge in [0.2, 0.25) is 0 Å². The maximum absolute atomic E-state index is 12.1. The van der Waals surface area contributed by atoms with Gasteiger partial charge in [-0.2, -0.15) is 0 Å². The Morgan fingerprint density at radius 1 is 0.818 bits per heavy atom. The van der Waals surface area contributed by atoms with E-state index in [0.717, 1.165) is 27.6 Å². The quantitative estimate of drug-likeness (QED) is 0.386. The van der Waals surface area contributed by atoms with Gasteiger partial charge in [-0.3, -0.25) is 20.4 Å². The summed E-state index contributed by atoms with van der Waals surface area (Å²) >= 11 is 3.48. The SMILES string of the molecule is CCC(C)c1ccccc1OCC(=O)NNC(=O)COc1ccc(-c2ccccc2)cc1Br. The predicted octanol–water partition coefficient (Wildman–Crippen LogP) is 5.23. The van der Waals surface area contributed by atoms with Crippen molar-refractivity contribution < 1.29 is 19.1 Å². The first-order valence-corrected chi connectivity index (χ1v) is 11.5. The Kier molecular flexibility index (Phi) is 8.89. The molecule has 0 aromatic heterocycles. The zero-order chi connectivity index (χ0) is 23.6. The third-order valence-electron chi connectivity index (χ3n) is 5.16. The van der Waals surface area contributed by atoms with E-state index in [1.165, 1.54) is 0 Å². The third-order valence-corrected chi connectivity index (χ3v) is 5.78. The summed E-state index contributed by atoms with van der Waals surface area (Å²) < 4.78 is 11.9. The largest absolute Gasteiger partial charge is 0.483 e. The topological polar surface area (TPSA) is 76.7 Å². The first-order valence-electron chi connectivity index (χ1n) is 10.7. The van der Waals surface area contributed by atoms with Crippen LogP contribution in [0, 0.1) is 0 Å². The van der Waals surface area contributed by atoms with Crippen LogP contribution in [0.15, 0.2) is 77.3 Å². The summed E-state index contributed by atoms with van der Waals surface area (Å²) in [4.78, 5) is 24.1. The Morgan fingerprint density at radius 3 is 2.06 bits per heavy atom. The molecular formula is C26H27BrN2O4. The van der Waals surface area contributed by atoms with Crippen LogP contribution in [0.1, 0.15) is 31.7 Å². The molecule has 6 nitrogen and oxygen atoms in total. The van der Waals surface area contributed by atoms with Gasteiger partial charge in [0, 0.05) is 0 Å². The summed E-state index contributed by atoms with van der Waals surface area (Å²) in [5, 5.41) is 0. The number of halogens is 1. The monoisotopic (exact) mass is 510 g/mol. The van der Waals surface area contributed by atoms with Crippen molar-refractivity contribution in [2.24, 2.45) is 0 Å². The van der Waals surface area contributed by atoms with E-state index in [-0.39, 0.29) is 13.2 Å². The van der Waals surface area contributed by atoms with Gasteiger partial charge < -0.3 is 9.47 Å². The Labute approximate surface area is 202 Å². The lowest BCUT2D eigenvalue weighted by Gasteiger charge is -2.15. The number of carbonyl (C=O) groups excluding carboxylic acids is 2. The van der Waals surface area contributed by atoms with E-state index in [0.29, 0.717) is 17.4 Å². The molecule has 2 amide bonds. The lowest BCUT2D eigenvalue weighted by Crippen LogP contribution is -2.45. The second kappa shape index (κ2) is 12.1. The first-order chi connectivity index (χ1) is 16.0. The van der Waals surface area contributed by atoms with Crippen LogP contribution in [-0.4, -0.2) is 25.0 Å². The summed E-state index contributed by atoms with van der Waals surface area (Å²) in [5.74, 6) is 0.571. The van der Waals surface area contributed by atoms with Gasteiger partial charge in [0.25, 0.3) is 11.8 Å². The lowest BCUT2D eigenvalue weighted by atomic mass is 9.98. The normalized spacial score (nSPS) is 11.4. The van der Waals surface area contributed by atoms with Crippen LogP contribution >= 0.6 is 15.9 Å². The van der Waals surface area contributed by atoms with Crippen molar-refractivity contribution >= 4 is 27.7 Å². The maximum Gasteiger partial charge on any atom is 0.276 e. The van der Waals surface area contributed by atoms with Crippen molar-refractivity contribution in [1.29, 1.82) is 0 Å². The highest BCUT2D eigenvalue weighted by molar-refractivity contribution is 9.10. The fraction of sp³-hybridized carbons (Fsp3) is 0.231. The van der Waals surface area contributed by atoms with Crippen molar-refractivity contribution in [3.63, 3.8) is 0 Å². The fourth-order valence-corrected chi connectivity index (χ4v) is 3.66. The molecule has 3 rings (SSSR count). The molecule has 0 heterocycles. The Balaban J connectivity index is 1.44. The molecule has 0 aliphatic heterocycles. The van der Waals surface area contributed by atoms with Crippen molar-refractivity contribution in [2.45, 2.75) is 26.2 Å². The molecule has 0 aliphatic rings. The van der Waals surface area contributed by atoms with E-state index in [4.69, 9.17) is 9.47 Å². The molecule has 0 aliphatic carbocycles. The lowest BCUT2D eigenvalue weighted by molar-refractivity contribution is -0.131. The van der Waals surface area contributed by atoms with E-state index >= 15 is 0 Å². The summed E-state index contributed by atoms with van der Waals surface area (Å²) in [5.41, 5.74) is 7.84. The van der Waals surface area contributed by atoms with Gasteiger partial charge in [0.15, 0.2) is 13.2 Å². The van der Waals surface area contributed by atoms with Crippen LogP contribution in [-0.2, 0) is 9.59 Å². The second-order valence-corrected chi connectivity index (χ2v) is 8.39. The van der Waals surface area contributed by atoms with Gasteiger partial charge in [-0.15, -0.1) is 0 Å². The number of carbonyl (C=O) groups is 2. The van der Waals surface area contributed by atoms with Gasteiger partial charge >= 0.3 is 0 Å². The minimum atomic E-state index is -0.484. The van der Waals surface area contributed by atoms with Gasteiger partial charge in [0.05, 0.1) is 4.47 Å². The van der Waals surface area contributed by atoms with E-state index in [9.17, 15) is 9.59 Å². The summed E-state index contributed by atoms with van der Waals surface area (Å²) in [6.45, 7) is 3.75. The first kappa shape index (κ1) is 24.3. The van der Waals surface area contributed by atoms with Crippen LogP contribution in [0.25, 0.3) is 11.1 Å². The van der Waals surface area contributed by atoms with Gasteiger partial charge in [-0.05, 0) is 63.2 Å². The van der Waals surface area contributed by atoms with Gasteiger partial charge in [0.1, 0.15) is 11.5 Å². The Morgan fingerprint density at radius 2 is 1.42 bits per heavy atom. The summed E-state index contributed by atoms with van der Waals surface area (Å²) in [6.07, 6.45) is 0.966. The van der Waals surface area contributed by atoms with E-state index in [1.807, 2.05) is 66.7 Å². The van der Waals surface area contributed by atoms with Crippen molar-refractivity contribution in [2.75, 3.05) is 13.2 Å². The number of benzene rings is 3. The fourth-order valence-electron chi connectivity index (χ4n) is 3.17. The van der Waals surface area contributed by atoms with E-state index < -0.39 is 11.8 Å². The van der Waals surface area contributed by atoms with E-state index in [2.05, 4.69) is 40.6 Å². The molecule has 0 saturated heterocycles. The van der Waals surface area contributed by atoms with Crippen LogP contribution in [0.2, 0.25) is 0 Å². The molecule has 172 valence electrons. The Bertz CT molecular complexity index is 1090. The number of nitrogens with one attached hydrogen (secondary N) is 2. The number of hydrazine groups is 1. The molecule has 0 bridgehead atoms. The third kappa shape index (κ3) is 7.08. The van der Waals surface area contributed by atoms with Crippen LogP contribution in [0.3, 0.4) is 0 Å². The molecule has 3 aromatic rings. The second-order valence-electron chi connectivity index (χ2n) is 7.53. The smallest absolute Gasteiger partial charge is 0.276 e. The zero-order valence-electron chi connectivity index (χ0n) is 18.6. The molecule has 0 radical (unpaired) electrons. The number of rotatable bonds is 9. The van der Waals surface area contributed by atoms with Crippen LogP contribution in [0.5, 0.6) is 11.5 Å². The highest BCUT2D eigenvalue weighted by Gasteiger charge is 2.12. The van der Waals surface area contributed by atoms with Crippen LogP contribution in [0.4, 0.5) is 0 Å². The highest BCUT2D eigenvalue weighted by Crippen LogP contribution is 2.31. The molecule has 0 saturated carbocycles. The summed E-state index contributed by atoms with van der Waals surface area (Å²) in [6, 6.07) is 23.2. The number of hydrogen-bond acceptors (Lipinski definition) is 4. The minimum Gasteiger partial charge on any atom is -0.483 e. The number of para-hydroxylation sites is 1. The average molecular weight is 511 g/mol. The molecule has 33 heavy (non-hydrogen) atoms. The molecule has 1 unspecified atom stereocenters. The van der Waals surface area contributed by atoms with Gasteiger partial charge in [-0.1, -0.05) is 68.4 Å². The predicted molar refractivity (Wildman–Crippen MR) is 132 cm³/mol. The maximum atomic E-state index is 12.1. The standard InChI is InChI=1S/C26H27BrN2O4/c1-3-18(2)21-11-7-8-12-23(21)32-16-25(30)28-29-26(31)17-33-24-14-13-20(15-22(24)27)19-9-5-4-6-10-19/h4-15,18H,3,16-17H2,1-2H3,(H,28,30)(H,29,31).